The lowest BCUT2D eigenvalue weighted by molar-refractivity contribution is -0.144. The van der Waals surface area contributed by atoms with Crippen molar-refractivity contribution in [1.29, 1.82) is 0 Å². The van der Waals surface area contributed by atoms with Crippen molar-refractivity contribution in [2.24, 2.45) is 0 Å². The fourth-order valence-electron chi connectivity index (χ4n) is 4.03. The van der Waals surface area contributed by atoms with Crippen LogP contribution in [0, 0.1) is 0 Å². The molecule has 0 bridgehead atoms. The van der Waals surface area contributed by atoms with Gasteiger partial charge in [0.2, 0.25) is 6.79 Å². The number of hydrogen-bond acceptors (Lipinski definition) is 6. The number of benzene rings is 2. The normalized spacial score (nSPS) is 24.4. The first-order valence-corrected chi connectivity index (χ1v) is 8.48. The van der Waals surface area contributed by atoms with Crippen LogP contribution >= 0.6 is 0 Å². The Balaban J connectivity index is 1.64. The minimum absolute atomic E-state index is 0.0162. The van der Waals surface area contributed by atoms with E-state index in [9.17, 15) is 4.79 Å². The number of carbonyl (C=O) groups excluding carboxylic acids is 1. The van der Waals surface area contributed by atoms with Crippen molar-refractivity contribution in [2.75, 3.05) is 24.0 Å². The first-order chi connectivity index (χ1) is 12.3. The van der Waals surface area contributed by atoms with Crippen LogP contribution in [-0.2, 0) is 9.53 Å². The summed E-state index contributed by atoms with van der Waals surface area (Å²) in [6.45, 7) is 2.41. The van der Waals surface area contributed by atoms with Crippen LogP contribution in [0.1, 0.15) is 30.0 Å². The first kappa shape index (κ1) is 14.5. The van der Waals surface area contributed by atoms with E-state index in [1.54, 1.807) is 0 Å². The van der Waals surface area contributed by atoms with E-state index in [2.05, 4.69) is 16.7 Å². The Morgan fingerprint density at radius 1 is 1.12 bits per heavy atom. The Hall–Kier alpha value is -2.89. The number of carbonyl (C=O) groups is 1. The monoisotopic (exact) mass is 338 g/mol. The van der Waals surface area contributed by atoms with Crippen molar-refractivity contribution in [1.82, 2.24) is 0 Å². The molecule has 0 aliphatic carbocycles. The van der Waals surface area contributed by atoms with Gasteiger partial charge in [0.25, 0.3) is 0 Å². The smallest absolute Gasteiger partial charge is 0.329 e. The maximum absolute atomic E-state index is 12.6. The van der Waals surface area contributed by atoms with E-state index in [0.29, 0.717) is 12.4 Å². The predicted molar refractivity (Wildman–Crippen MR) is 92.2 cm³/mol. The van der Waals surface area contributed by atoms with Gasteiger partial charge in [0, 0.05) is 28.9 Å². The molecule has 0 fully saturated rings. The van der Waals surface area contributed by atoms with Crippen LogP contribution in [0.25, 0.3) is 0 Å². The van der Waals surface area contributed by atoms with E-state index < -0.39 is 6.04 Å². The Kier molecular flexibility index (Phi) is 3.07. The lowest BCUT2D eigenvalue weighted by Crippen LogP contribution is -2.42. The summed E-state index contributed by atoms with van der Waals surface area (Å²) in [6, 6.07) is 11.6. The standard InChI is InChI=1S/C19H18N2O4/c1-2-23-19(22)18-16-10-5-3-4-6-12(10)20-17(16)11-7-14-15(25-9-24-14)8-13(11)21-18/h3-8,16-18,20-21H,2,9H2,1H3/t16-,17-,18-/m0/s1. The third-order valence-corrected chi connectivity index (χ3v) is 5.08. The number of anilines is 2. The highest BCUT2D eigenvalue weighted by Crippen LogP contribution is 2.53. The van der Waals surface area contributed by atoms with Crippen molar-refractivity contribution in [3.05, 3.63) is 47.5 Å². The van der Waals surface area contributed by atoms with Crippen LogP contribution in [0.2, 0.25) is 0 Å². The van der Waals surface area contributed by atoms with Crippen LogP contribution in [-0.4, -0.2) is 25.4 Å². The van der Waals surface area contributed by atoms with E-state index in [1.807, 2.05) is 37.3 Å². The maximum Gasteiger partial charge on any atom is 0.329 e. The van der Waals surface area contributed by atoms with Gasteiger partial charge < -0.3 is 24.8 Å². The van der Waals surface area contributed by atoms with Crippen molar-refractivity contribution in [3.8, 4) is 11.5 Å². The number of esters is 1. The molecule has 3 aliphatic rings. The molecule has 0 radical (unpaired) electrons. The molecular weight excluding hydrogens is 320 g/mol. The molecule has 128 valence electrons. The van der Waals surface area contributed by atoms with Gasteiger partial charge in [-0.2, -0.15) is 0 Å². The Morgan fingerprint density at radius 2 is 1.92 bits per heavy atom. The summed E-state index contributed by atoms with van der Waals surface area (Å²) in [6.07, 6.45) is 0. The van der Waals surface area contributed by atoms with E-state index in [4.69, 9.17) is 14.2 Å². The molecule has 0 saturated carbocycles. The lowest BCUT2D eigenvalue weighted by Gasteiger charge is -2.35. The number of para-hydroxylation sites is 1. The minimum atomic E-state index is -0.450. The predicted octanol–water partition coefficient (Wildman–Crippen LogP) is 3.02. The second kappa shape index (κ2) is 5.31. The molecule has 3 heterocycles. The summed E-state index contributed by atoms with van der Waals surface area (Å²) in [5, 5.41) is 6.94. The van der Waals surface area contributed by atoms with Gasteiger partial charge in [0.1, 0.15) is 6.04 Å². The third kappa shape index (κ3) is 2.06. The Morgan fingerprint density at radius 3 is 2.76 bits per heavy atom. The summed E-state index contributed by atoms with van der Waals surface area (Å²) in [7, 11) is 0. The van der Waals surface area contributed by atoms with Gasteiger partial charge in [-0.25, -0.2) is 4.79 Å². The Labute approximate surface area is 145 Å². The second-order valence-corrected chi connectivity index (χ2v) is 6.40. The molecule has 0 unspecified atom stereocenters. The lowest BCUT2D eigenvalue weighted by atomic mass is 9.80. The first-order valence-electron chi connectivity index (χ1n) is 8.48. The summed E-state index contributed by atoms with van der Waals surface area (Å²) < 4.78 is 16.3. The number of rotatable bonds is 2. The zero-order chi connectivity index (χ0) is 17.0. The van der Waals surface area contributed by atoms with Crippen LogP contribution < -0.4 is 20.1 Å². The average molecular weight is 338 g/mol. The molecule has 5 rings (SSSR count). The largest absolute Gasteiger partial charge is 0.464 e. The van der Waals surface area contributed by atoms with Gasteiger partial charge in [-0.15, -0.1) is 0 Å². The van der Waals surface area contributed by atoms with E-state index >= 15 is 0 Å². The molecule has 2 aromatic carbocycles. The zero-order valence-corrected chi connectivity index (χ0v) is 13.7. The van der Waals surface area contributed by atoms with Gasteiger partial charge in [-0.3, -0.25) is 0 Å². The average Bonchev–Trinajstić information content (AvgIpc) is 3.23. The minimum Gasteiger partial charge on any atom is -0.464 e. The van der Waals surface area contributed by atoms with Gasteiger partial charge in [-0.1, -0.05) is 18.2 Å². The van der Waals surface area contributed by atoms with Crippen LogP contribution in [0.4, 0.5) is 11.4 Å². The maximum atomic E-state index is 12.6. The van der Waals surface area contributed by atoms with E-state index in [1.165, 1.54) is 0 Å². The highest BCUT2D eigenvalue weighted by atomic mass is 16.7. The molecule has 25 heavy (non-hydrogen) atoms. The van der Waals surface area contributed by atoms with Crippen molar-refractivity contribution in [2.45, 2.75) is 24.9 Å². The Bertz CT molecular complexity index is 866. The molecule has 6 nitrogen and oxygen atoms in total. The topological polar surface area (TPSA) is 68.8 Å². The summed E-state index contributed by atoms with van der Waals surface area (Å²) >= 11 is 0. The molecule has 3 aliphatic heterocycles. The number of hydrogen-bond donors (Lipinski definition) is 2. The molecule has 3 atom stereocenters. The number of ether oxygens (including phenoxy) is 3. The molecule has 0 amide bonds. The SMILES string of the molecule is CCOC(=O)[C@H]1Nc2cc3c(cc2[C@@H]2Nc4ccccc4[C@H]12)OCO3. The molecule has 0 aromatic heterocycles. The van der Waals surface area contributed by atoms with Gasteiger partial charge in [-0.05, 0) is 24.6 Å². The van der Waals surface area contributed by atoms with E-state index in [-0.39, 0.29) is 24.7 Å². The summed E-state index contributed by atoms with van der Waals surface area (Å²) in [4.78, 5) is 12.6. The van der Waals surface area contributed by atoms with Gasteiger partial charge in [0.15, 0.2) is 11.5 Å². The molecular formula is C19H18N2O4. The molecule has 0 spiro atoms. The zero-order valence-electron chi connectivity index (χ0n) is 13.7. The number of fused-ring (bicyclic) bond motifs is 6. The van der Waals surface area contributed by atoms with Crippen molar-refractivity contribution >= 4 is 17.3 Å². The second-order valence-electron chi connectivity index (χ2n) is 6.40. The van der Waals surface area contributed by atoms with Gasteiger partial charge in [0.05, 0.1) is 12.6 Å². The van der Waals surface area contributed by atoms with E-state index in [0.717, 1.165) is 28.3 Å². The quantitative estimate of drug-likeness (QED) is 0.821. The molecule has 2 N–H and O–H groups in total. The highest BCUT2D eigenvalue weighted by molar-refractivity contribution is 5.86. The summed E-state index contributed by atoms with van der Waals surface area (Å²) in [5.74, 6) is 1.16. The fourth-order valence-corrected chi connectivity index (χ4v) is 4.03. The third-order valence-electron chi connectivity index (χ3n) is 5.08. The van der Waals surface area contributed by atoms with Gasteiger partial charge >= 0.3 is 5.97 Å². The molecule has 6 heteroatoms. The molecule has 2 aromatic rings. The fraction of sp³-hybridized carbons (Fsp3) is 0.316. The van der Waals surface area contributed by atoms with Crippen LogP contribution in [0.5, 0.6) is 11.5 Å². The summed E-state index contributed by atoms with van der Waals surface area (Å²) in [5.41, 5.74) is 4.13. The van der Waals surface area contributed by atoms with Crippen LogP contribution in [0.3, 0.4) is 0 Å². The number of nitrogens with one attached hydrogen (secondary N) is 2. The van der Waals surface area contributed by atoms with Crippen LogP contribution in [0.15, 0.2) is 36.4 Å². The molecule has 0 saturated heterocycles. The highest BCUT2D eigenvalue weighted by Gasteiger charge is 2.47. The van der Waals surface area contributed by atoms with Crippen molar-refractivity contribution in [3.63, 3.8) is 0 Å². The van der Waals surface area contributed by atoms with Crippen molar-refractivity contribution < 1.29 is 19.0 Å².